The van der Waals surface area contributed by atoms with Crippen molar-refractivity contribution in [2.75, 3.05) is 33.2 Å². The summed E-state index contributed by atoms with van der Waals surface area (Å²) in [5, 5.41) is 3.20. The highest BCUT2D eigenvalue weighted by Crippen LogP contribution is 2.19. The second kappa shape index (κ2) is 8.12. The average molecular weight is 212 g/mol. The van der Waals surface area contributed by atoms with Crippen molar-refractivity contribution >= 4 is 0 Å². The van der Waals surface area contributed by atoms with Gasteiger partial charge in [0, 0.05) is 6.54 Å². The number of unbranched alkanes of at least 4 members (excludes halogenated alkanes) is 3. The Bertz CT molecular complexity index is 147. The van der Waals surface area contributed by atoms with Gasteiger partial charge in [-0.3, -0.25) is 0 Å². The predicted molar refractivity (Wildman–Crippen MR) is 67.2 cm³/mol. The first-order valence-corrected chi connectivity index (χ1v) is 6.73. The van der Waals surface area contributed by atoms with Crippen molar-refractivity contribution in [1.82, 2.24) is 10.2 Å². The minimum atomic E-state index is 0.995. The van der Waals surface area contributed by atoms with E-state index in [1.165, 1.54) is 64.7 Å². The van der Waals surface area contributed by atoms with Gasteiger partial charge < -0.3 is 10.2 Å². The number of nitrogens with zero attached hydrogens (tertiary/aromatic N) is 1. The summed E-state index contributed by atoms with van der Waals surface area (Å²) in [4.78, 5) is 2.66. The number of likely N-dealkylation sites (tertiary alicyclic amines) is 1. The molecule has 1 atom stereocenters. The van der Waals surface area contributed by atoms with Crippen molar-refractivity contribution in [2.24, 2.45) is 5.92 Å². The zero-order valence-electron chi connectivity index (χ0n) is 10.6. The Hall–Kier alpha value is -0.0800. The summed E-state index contributed by atoms with van der Waals surface area (Å²) in [5.74, 6) is 0.995. The zero-order chi connectivity index (χ0) is 10.9. The molecule has 0 radical (unpaired) electrons. The third-order valence-corrected chi connectivity index (χ3v) is 3.60. The molecule has 0 bridgehead atoms. The Labute approximate surface area is 95.4 Å². The van der Waals surface area contributed by atoms with Crippen LogP contribution in [0.1, 0.15) is 45.4 Å². The highest BCUT2D eigenvalue weighted by Gasteiger charge is 2.19. The maximum Gasteiger partial charge on any atom is 0.00100 e. The smallest absolute Gasteiger partial charge is 0.00100 e. The first-order valence-electron chi connectivity index (χ1n) is 6.73. The van der Waals surface area contributed by atoms with Gasteiger partial charge in [-0.05, 0) is 51.9 Å². The molecule has 90 valence electrons. The van der Waals surface area contributed by atoms with Gasteiger partial charge in [-0.25, -0.2) is 0 Å². The summed E-state index contributed by atoms with van der Waals surface area (Å²) in [5.41, 5.74) is 0. The fraction of sp³-hybridized carbons (Fsp3) is 1.00. The molecule has 0 amide bonds. The van der Waals surface area contributed by atoms with Crippen LogP contribution < -0.4 is 5.32 Å². The van der Waals surface area contributed by atoms with Gasteiger partial charge in [0.1, 0.15) is 0 Å². The van der Waals surface area contributed by atoms with Crippen LogP contribution in [0.4, 0.5) is 0 Å². The second-order valence-corrected chi connectivity index (χ2v) is 4.88. The van der Waals surface area contributed by atoms with E-state index in [0.717, 1.165) is 5.92 Å². The van der Waals surface area contributed by atoms with E-state index in [-0.39, 0.29) is 0 Å². The number of rotatable bonds is 8. The van der Waals surface area contributed by atoms with Crippen molar-refractivity contribution in [3.63, 3.8) is 0 Å². The lowest BCUT2D eigenvalue weighted by Gasteiger charge is -2.15. The molecule has 0 aliphatic carbocycles. The van der Waals surface area contributed by atoms with Gasteiger partial charge in [0.25, 0.3) is 0 Å². The standard InChI is InChI=1S/C13H28N2/c1-3-13-8-11-15(12-13)10-7-5-4-6-9-14-2/h13-14H,3-12H2,1-2H3. The predicted octanol–water partition coefficient (Wildman–Crippen LogP) is 2.50. The van der Waals surface area contributed by atoms with Crippen molar-refractivity contribution < 1.29 is 0 Å². The highest BCUT2D eigenvalue weighted by molar-refractivity contribution is 4.74. The van der Waals surface area contributed by atoms with Gasteiger partial charge in [0.15, 0.2) is 0 Å². The van der Waals surface area contributed by atoms with Gasteiger partial charge in [-0.15, -0.1) is 0 Å². The summed E-state index contributed by atoms with van der Waals surface area (Å²) >= 11 is 0. The van der Waals surface area contributed by atoms with Crippen LogP contribution in [0.25, 0.3) is 0 Å². The van der Waals surface area contributed by atoms with Crippen LogP contribution in [0.3, 0.4) is 0 Å². The van der Waals surface area contributed by atoms with Gasteiger partial charge in [0.2, 0.25) is 0 Å². The molecule has 1 aliphatic heterocycles. The molecule has 0 aromatic carbocycles. The molecule has 0 aromatic rings. The quantitative estimate of drug-likeness (QED) is 0.622. The van der Waals surface area contributed by atoms with Crippen LogP contribution in [0.2, 0.25) is 0 Å². The Morgan fingerprint density at radius 3 is 2.67 bits per heavy atom. The molecular formula is C13H28N2. The van der Waals surface area contributed by atoms with E-state index in [1.54, 1.807) is 0 Å². The van der Waals surface area contributed by atoms with Gasteiger partial charge in [0.05, 0.1) is 0 Å². The Balaban J connectivity index is 1.88. The molecule has 1 unspecified atom stereocenters. The molecule has 1 N–H and O–H groups in total. The summed E-state index contributed by atoms with van der Waals surface area (Å²) < 4.78 is 0. The maximum atomic E-state index is 3.20. The van der Waals surface area contributed by atoms with Crippen molar-refractivity contribution in [3.8, 4) is 0 Å². The Morgan fingerprint density at radius 1 is 1.20 bits per heavy atom. The monoisotopic (exact) mass is 212 g/mol. The van der Waals surface area contributed by atoms with Gasteiger partial charge >= 0.3 is 0 Å². The lowest BCUT2D eigenvalue weighted by molar-refractivity contribution is 0.313. The van der Waals surface area contributed by atoms with E-state index in [9.17, 15) is 0 Å². The molecule has 1 saturated heterocycles. The van der Waals surface area contributed by atoms with Gasteiger partial charge in [-0.1, -0.05) is 26.2 Å². The van der Waals surface area contributed by atoms with Crippen LogP contribution in [0, 0.1) is 5.92 Å². The summed E-state index contributed by atoms with van der Waals surface area (Å²) in [6.45, 7) is 7.58. The number of hydrogen-bond donors (Lipinski definition) is 1. The SMILES string of the molecule is CCC1CCN(CCCCCCNC)C1. The number of hydrogen-bond acceptors (Lipinski definition) is 2. The minimum Gasteiger partial charge on any atom is -0.320 e. The third kappa shape index (κ3) is 5.53. The lowest BCUT2D eigenvalue weighted by atomic mass is 10.1. The summed E-state index contributed by atoms with van der Waals surface area (Å²) in [7, 11) is 2.04. The first-order chi connectivity index (χ1) is 7.36. The average Bonchev–Trinajstić information content (AvgIpc) is 2.71. The zero-order valence-corrected chi connectivity index (χ0v) is 10.6. The Morgan fingerprint density at radius 2 is 2.00 bits per heavy atom. The molecule has 1 rings (SSSR count). The topological polar surface area (TPSA) is 15.3 Å². The van der Waals surface area contributed by atoms with Crippen molar-refractivity contribution in [2.45, 2.75) is 45.4 Å². The lowest BCUT2D eigenvalue weighted by Crippen LogP contribution is -2.21. The van der Waals surface area contributed by atoms with E-state index >= 15 is 0 Å². The van der Waals surface area contributed by atoms with Crippen LogP contribution >= 0.6 is 0 Å². The van der Waals surface area contributed by atoms with Crippen LogP contribution in [-0.4, -0.2) is 38.1 Å². The molecule has 0 saturated carbocycles. The minimum absolute atomic E-state index is 0.995. The van der Waals surface area contributed by atoms with E-state index in [2.05, 4.69) is 17.1 Å². The van der Waals surface area contributed by atoms with E-state index in [1.807, 2.05) is 7.05 Å². The third-order valence-electron chi connectivity index (χ3n) is 3.60. The number of nitrogens with one attached hydrogen (secondary N) is 1. The molecule has 0 aromatic heterocycles. The summed E-state index contributed by atoms with van der Waals surface area (Å²) in [6, 6.07) is 0. The van der Waals surface area contributed by atoms with Crippen LogP contribution in [0.15, 0.2) is 0 Å². The van der Waals surface area contributed by atoms with Crippen molar-refractivity contribution in [1.29, 1.82) is 0 Å². The fourth-order valence-electron chi connectivity index (χ4n) is 2.44. The van der Waals surface area contributed by atoms with E-state index in [0.29, 0.717) is 0 Å². The fourth-order valence-corrected chi connectivity index (χ4v) is 2.44. The molecule has 1 heterocycles. The normalized spacial score (nSPS) is 22.4. The second-order valence-electron chi connectivity index (χ2n) is 4.88. The Kier molecular flexibility index (Phi) is 7.03. The molecule has 2 heteroatoms. The maximum absolute atomic E-state index is 3.20. The molecule has 15 heavy (non-hydrogen) atoms. The van der Waals surface area contributed by atoms with Gasteiger partial charge in [-0.2, -0.15) is 0 Å². The largest absolute Gasteiger partial charge is 0.320 e. The summed E-state index contributed by atoms with van der Waals surface area (Å²) in [6.07, 6.45) is 8.37. The first kappa shape index (κ1) is 13.0. The molecule has 2 nitrogen and oxygen atoms in total. The molecule has 1 aliphatic rings. The molecular weight excluding hydrogens is 184 g/mol. The van der Waals surface area contributed by atoms with E-state index in [4.69, 9.17) is 0 Å². The molecule has 0 spiro atoms. The van der Waals surface area contributed by atoms with Crippen LogP contribution in [0.5, 0.6) is 0 Å². The van der Waals surface area contributed by atoms with E-state index < -0.39 is 0 Å². The van der Waals surface area contributed by atoms with Crippen molar-refractivity contribution in [3.05, 3.63) is 0 Å². The molecule has 1 fully saturated rings. The van der Waals surface area contributed by atoms with Crippen LogP contribution in [-0.2, 0) is 0 Å². The highest BCUT2D eigenvalue weighted by atomic mass is 15.1.